The van der Waals surface area contributed by atoms with Gasteiger partial charge in [0.15, 0.2) is 0 Å². The Morgan fingerprint density at radius 2 is 1.83 bits per heavy atom. The van der Waals surface area contributed by atoms with Gasteiger partial charge in [-0.3, -0.25) is 9.40 Å². The summed E-state index contributed by atoms with van der Waals surface area (Å²) in [7, 11) is -2.15. The second kappa shape index (κ2) is 7.23. The lowest BCUT2D eigenvalue weighted by Gasteiger charge is -2.14. The summed E-state index contributed by atoms with van der Waals surface area (Å²) in [4.78, 5) is -0.146. The van der Waals surface area contributed by atoms with Crippen molar-refractivity contribution < 1.29 is 8.42 Å². The number of nitrogens with zero attached hydrogens (tertiary/aromatic N) is 2. The first kappa shape index (κ1) is 19.6. The third kappa shape index (κ3) is 4.07. The van der Waals surface area contributed by atoms with Crippen LogP contribution in [0.25, 0.3) is 0 Å². The van der Waals surface area contributed by atoms with Gasteiger partial charge in [0.1, 0.15) is 4.90 Å². The molecule has 9 heteroatoms. The molecule has 1 heterocycles. The zero-order valence-corrected chi connectivity index (χ0v) is 17.6. The number of benzene rings is 1. The molecular formula is C15H18BrCl2N3O2S. The monoisotopic (exact) mass is 453 g/mol. The Bertz CT molecular complexity index is 856. The zero-order valence-electron chi connectivity index (χ0n) is 13.7. The molecule has 0 unspecified atom stereocenters. The summed E-state index contributed by atoms with van der Waals surface area (Å²) in [6.45, 7) is 5.87. The summed E-state index contributed by atoms with van der Waals surface area (Å²) >= 11 is 15.4. The normalized spacial score (nSPS) is 12.0. The van der Waals surface area contributed by atoms with Crippen LogP contribution >= 0.6 is 39.1 Å². The number of sulfonamides is 1. The van der Waals surface area contributed by atoms with Crippen molar-refractivity contribution in [3.63, 3.8) is 0 Å². The molecule has 0 fully saturated rings. The van der Waals surface area contributed by atoms with Gasteiger partial charge in [0.05, 0.1) is 27.1 Å². The third-order valence-corrected chi connectivity index (χ3v) is 6.14. The lowest BCUT2D eigenvalue weighted by atomic mass is 10.1. The van der Waals surface area contributed by atoms with Crippen LogP contribution in [0.3, 0.4) is 0 Å². The van der Waals surface area contributed by atoms with E-state index in [2.05, 4.69) is 39.6 Å². The standard InChI is InChI=1S/C15H18BrCl2N3O2S/c1-8(2)5-13-14(9(3)19-21(13)4)20-24(22,23)15-11(17)6-10(16)7-12(15)18/h6-8,20H,5H2,1-4H3. The Kier molecular flexibility index (Phi) is 5.90. The molecule has 0 amide bonds. The maximum atomic E-state index is 12.8. The van der Waals surface area contributed by atoms with E-state index in [0.717, 1.165) is 5.69 Å². The molecule has 0 atom stereocenters. The fourth-order valence-electron chi connectivity index (χ4n) is 2.43. The topological polar surface area (TPSA) is 64.0 Å². The first-order chi connectivity index (χ1) is 11.0. The Morgan fingerprint density at radius 1 is 1.29 bits per heavy atom. The van der Waals surface area contributed by atoms with E-state index in [4.69, 9.17) is 23.2 Å². The molecule has 132 valence electrons. The Labute approximate surface area is 160 Å². The van der Waals surface area contributed by atoms with Gasteiger partial charge in [0.2, 0.25) is 0 Å². The lowest BCUT2D eigenvalue weighted by molar-refractivity contribution is 0.593. The van der Waals surface area contributed by atoms with E-state index in [0.29, 0.717) is 28.2 Å². The quantitative estimate of drug-likeness (QED) is 0.705. The molecule has 0 saturated heterocycles. The van der Waals surface area contributed by atoms with E-state index in [9.17, 15) is 8.42 Å². The molecule has 1 aromatic carbocycles. The number of halogens is 3. The highest BCUT2D eigenvalue weighted by atomic mass is 79.9. The van der Waals surface area contributed by atoms with Crippen LogP contribution in [0.2, 0.25) is 10.0 Å². The Morgan fingerprint density at radius 3 is 2.33 bits per heavy atom. The van der Waals surface area contributed by atoms with Gasteiger partial charge in [0, 0.05) is 11.5 Å². The minimum atomic E-state index is -3.95. The average molecular weight is 455 g/mol. The van der Waals surface area contributed by atoms with Crippen LogP contribution < -0.4 is 4.72 Å². The molecular weight excluding hydrogens is 437 g/mol. The summed E-state index contributed by atoms with van der Waals surface area (Å²) in [6, 6.07) is 2.99. The summed E-state index contributed by atoms with van der Waals surface area (Å²) in [5.74, 6) is 0.350. The number of aromatic nitrogens is 2. The molecule has 2 aromatic rings. The van der Waals surface area contributed by atoms with Crippen LogP contribution in [0.5, 0.6) is 0 Å². The van der Waals surface area contributed by atoms with Gasteiger partial charge in [-0.2, -0.15) is 5.10 Å². The van der Waals surface area contributed by atoms with Crippen molar-refractivity contribution in [2.24, 2.45) is 13.0 Å². The van der Waals surface area contributed by atoms with E-state index in [1.807, 2.05) is 0 Å². The molecule has 2 rings (SSSR count). The highest BCUT2D eigenvalue weighted by Crippen LogP contribution is 2.35. The van der Waals surface area contributed by atoms with Crippen molar-refractivity contribution in [1.82, 2.24) is 9.78 Å². The van der Waals surface area contributed by atoms with Crippen LogP contribution in [-0.4, -0.2) is 18.2 Å². The van der Waals surface area contributed by atoms with E-state index < -0.39 is 10.0 Å². The molecule has 0 bridgehead atoms. The summed E-state index contributed by atoms with van der Waals surface area (Å²) in [5, 5.41) is 4.42. The third-order valence-electron chi connectivity index (χ3n) is 3.41. The number of nitrogens with one attached hydrogen (secondary N) is 1. The van der Waals surface area contributed by atoms with Crippen LogP contribution in [0.4, 0.5) is 5.69 Å². The van der Waals surface area contributed by atoms with Gasteiger partial charge in [0.25, 0.3) is 10.0 Å². The van der Waals surface area contributed by atoms with Crippen LogP contribution in [-0.2, 0) is 23.5 Å². The van der Waals surface area contributed by atoms with Crippen molar-refractivity contribution in [3.05, 3.63) is 38.0 Å². The number of hydrogen-bond acceptors (Lipinski definition) is 3. The van der Waals surface area contributed by atoms with Gasteiger partial charge in [-0.25, -0.2) is 8.42 Å². The lowest BCUT2D eigenvalue weighted by Crippen LogP contribution is -2.16. The van der Waals surface area contributed by atoms with Gasteiger partial charge in [-0.05, 0) is 31.4 Å². The first-order valence-electron chi connectivity index (χ1n) is 7.22. The molecule has 0 saturated carbocycles. The van der Waals surface area contributed by atoms with Gasteiger partial charge in [-0.15, -0.1) is 0 Å². The van der Waals surface area contributed by atoms with E-state index in [-0.39, 0.29) is 14.9 Å². The van der Waals surface area contributed by atoms with Crippen LogP contribution in [0.1, 0.15) is 25.2 Å². The second-order valence-electron chi connectivity index (χ2n) is 5.93. The molecule has 24 heavy (non-hydrogen) atoms. The maximum absolute atomic E-state index is 12.8. The predicted octanol–water partition coefficient (Wildman–Crippen LogP) is 4.80. The van der Waals surface area contributed by atoms with Crippen molar-refractivity contribution in [2.75, 3.05) is 4.72 Å². The summed E-state index contributed by atoms with van der Waals surface area (Å²) in [6.07, 6.45) is 0.691. The molecule has 0 aliphatic carbocycles. The summed E-state index contributed by atoms with van der Waals surface area (Å²) in [5.41, 5.74) is 1.89. The van der Waals surface area contributed by atoms with Gasteiger partial charge in [-0.1, -0.05) is 53.0 Å². The van der Waals surface area contributed by atoms with Crippen LogP contribution in [0.15, 0.2) is 21.5 Å². The molecule has 0 spiro atoms. The van der Waals surface area contributed by atoms with Crippen LogP contribution in [0, 0.1) is 12.8 Å². The minimum Gasteiger partial charge on any atom is -0.276 e. The minimum absolute atomic E-state index is 0.0498. The highest BCUT2D eigenvalue weighted by molar-refractivity contribution is 9.10. The van der Waals surface area contributed by atoms with Gasteiger partial charge >= 0.3 is 0 Å². The van der Waals surface area contributed by atoms with Gasteiger partial charge < -0.3 is 0 Å². The summed E-state index contributed by atoms with van der Waals surface area (Å²) < 4.78 is 30.5. The average Bonchev–Trinajstić information content (AvgIpc) is 2.63. The molecule has 5 nitrogen and oxygen atoms in total. The fraction of sp³-hybridized carbons (Fsp3) is 0.400. The van der Waals surface area contributed by atoms with Crippen molar-refractivity contribution in [2.45, 2.75) is 32.1 Å². The SMILES string of the molecule is Cc1nn(C)c(CC(C)C)c1NS(=O)(=O)c1c(Cl)cc(Br)cc1Cl. The first-order valence-corrected chi connectivity index (χ1v) is 10.3. The number of rotatable bonds is 5. The smallest absolute Gasteiger partial charge is 0.264 e. The van der Waals surface area contributed by atoms with E-state index in [1.54, 1.807) is 18.7 Å². The molecule has 0 radical (unpaired) electrons. The number of anilines is 1. The second-order valence-corrected chi connectivity index (χ2v) is 9.28. The highest BCUT2D eigenvalue weighted by Gasteiger charge is 2.26. The Balaban J connectivity index is 2.52. The Hall–Kier alpha value is -0.760. The molecule has 1 N–H and O–H groups in total. The number of hydrogen-bond donors (Lipinski definition) is 1. The number of aryl methyl sites for hydroxylation is 2. The molecule has 1 aromatic heterocycles. The fourth-order valence-corrected chi connectivity index (χ4v) is 5.52. The van der Waals surface area contributed by atoms with E-state index >= 15 is 0 Å². The van der Waals surface area contributed by atoms with Crippen molar-refractivity contribution >= 4 is 54.8 Å². The van der Waals surface area contributed by atoms with Crippen molar-refractivity contribution in [1.29, 1.82) is 0 Å². The molecule has 0 aliphatic rings. The molecule has 0 aliphatic heterocycles. The zero-order chi connectivity index (χ0) is 18.2. The largest absolute Gasteiger partial charge is 0.276 e. The predicted molar refractivity (Wildman–Crippen MR) is 101 cm³/mol. The van der Waals surface area contributed by atoms with Crippen molar-refractivity contribution in [3.8, 4) is 0 Å². The van der Waals surface area contributed by atoms with E-state index in [1.165, 1.54) is 12.1 Å². The maximum Gasteiger partial charge on any atom is 0.264 e.